The quantitative estimate of drug-likeness (QED) is 0.357. The summed E-state index contributed by atoms with van der Waals surface area (Å²) in [4.78, 5) is 37.8. The molecule has 6 nitrogen and oxygen atoms in total. The number of carbonyl (C=O) groups is 3. The van der Waals surface area contributed by atoms with Gasteiger partial charge in [-0.3, -0.25) is 9.59 Å². The van der Waals surface area contributed by atoms with E-state index in [4.69, 9.17) is 9.47 Å². The minimum atomic E-state index is -4.81. The van der Waals surface area contributed by atoms with E-state index in [-0.39, 0.29) is 50.4 Å². The number of piperidine rings is 1. The summed E-state index contributed by atoms with van der Waals surface area (Å²) in [7, 11) is 0. The Morgan fingerprint density at radius 2 is 1.81 bits per heavy atom. The minimum Gasteiger partial charge on any atom is -0.466 e. The van der Waals surface area contributed by atoms with Crippen molar-refractivity contribution >= 4 is 17.8 Å². The van der Waals surface area contributed by atoms with Gasteiger partial charge in [-0.2, -0.15) is 13.2 Å². The predicted octanol–water partition coefficient (Wildman–Crippen LogP) is 4.15. The summed E-state index contributed by atoms with van der Waals surface area (Å²) in [6.45, 7) is 3.71. The molecule has 0 radical (unpaired) electrons. The van der Waals surface area contributed by atoms with E-state index in [0.717, 1.165) is 12.1 Å². The summed E-state index contributed by atoms with van der Waals surface area (Å²) in [5, 5.41) is 0. The van der Waals surface area contributed by atoms with Gasteiger partial charge in [0.05, 0.1) is 18.8 Å². The molecule has 1 aliphatic heterocycles. The van der Waals surface area contributed by atoms with Crippen LogP contribution in [0.5, 0.6) is 0 Å². The smallest absolute Gasteiger partial charge is 0.419 e. The van der Waals surface area contributed by atoms with Crippen molar-refractivity contribution in [3.05, 3.63) is 35.1 Å². The van der Waals surface area contributed by atoms with Gasteiger partial charge in [0.15, 0.2) is 0 Å². The van der Waals surface area contributed by atoms with E-state index < -0.39 is 41.6 Å². The van der Waals surface area contributed by atoms with Gasteiger partial charge in [0, 0.05) is 18.5 Å². The van der Waals surface area contributed by atoms with Crippen LogP contribution < -0.4 is 0 Å². The molecule has 2 rings (SSSR count). The summed E-state index contributed by atoms with van der Waals surface area (Å²) < 4.78 is 62.2. The maximum Gasteiger partial charge on any atom is 0.419 e. The average molecular weight is 447 g/mol. The first-order chi connectivity index (χ1) is 14.6. The summed E-state index contributed by atoms with van der Waals surface area (Å²) in [6.07, 6.45) is -5.28. The highest BCUT2D eigenvalue weighted by molar-refractivity contribution is 5.96. The molecule has 1 saturated heterocycles. The van der Waals surface area contributed by atoms with Crippen LogP contribution in [0.3, 0.4) is 0 Å². The van der Waals surface area contributed by atoms with Crippen LogP contribution >= 0.6 is 0 Å². The molecule has 1 aromatic carbocycles. The molecule has 1 aliphatic rings. The summed E-state index contributed by atoms with van der Waals surface area (Å²) in [5.74, 6) is -2.90. The number of carbonyl (C=O) groups excluding carboxylic acids is 3. The molecule has 0 bridgehead atoms. The lowest BCUT2D eigenvalue weighted by Gasteiger charge is -2.38. The minimum absolute atomic E-state index is 0.0387. The molecule has 1 amide bonds. The number of halogens is 4. The van der Waals surface area contributed by atoms with Gasteiger partial charge in [0.1, 0.15) is 18.0 Å². The molecule has 0 aliphatic carbocycles. The summed E-state index contributed by atoms with van der Waals surface area (Å²) in [5.41, 5.74) is -1.12. The first-order valence-electron chi connectivity index (χ1n) is 10.0. The molecule has 2 unspecified atom stereocenters. The number of nitrogens with zero attached hydrogens (tertiary/aromatic N) is 1. The Balaban J connectivity index is 2.19. The van der Waals surface area contributed by atoms with Crippen molar-refractivity contribution in [2.45, 2.75) is 51.7 Å². The number of ketones is 1. The van der Waals surface area contributed by atoms with Crippen molar-refractivity contribution in [1.82, 2.24) is 4.90 Å². The molecule has 2 atom stereocenters. The second-order valence-electron chi connectivity index (χ2n) is 7.23. The fourth-order valence-electron chi connectivity index (χ4n) is 3.67. The molecular weight excluding hydrogens is 422 g/mol. The van der Waals surface area contributed by atoms with Gasteiger partial charge >= 0.3 is 18.2 Å². The third-order valence-electron chi connectivity index (χ3n) is 5.11. The Bertz CT molecular complexity index is 811. The molecule has 1 fully saturated rings. The number of ether oxygens (including phenoxy) is 2. The van der Waals surface area contributed by atoms with Crippen LogP contribution in [0.1, 0.15) is 44.2 Å². The number of benzene rings is 1. The van der Waals surface area contributed by atoms with Gasteiger partial charge in [-0.1, -0.05) is 6.07 Å². The average Bonchev–Trinajstić information content (AvgIpc) is 2.67. The van der Waals surface area contributed by atoms with Crippen molar-refractivity contribution in [2.75, 3.05) is 19.8 Å². The Labute approximate surface area is 177 Å². The lowest BCUT2D eigenvalue weighted by atomic mass is 9.84. The number of hydrogen-bond acceptors (Lipinski definition) is 5. The van der Waals surface area contributed by atoms with Gasteiger partial charge < -0.3 is 14.4 Å². The largest absolute Gasteiger partial charge is 0.466 e. The van der Waals surface area contributed by atoms with E-state index >= 15 is 0 Å². The van der Waals surface area contributed by atoms with E-state index in [1.807, 2.05) is 0 Å². The Morgan fingerprint density at radius 1 is 1.13 bits per heavy atom. The van der Waals surface area contributed by atoms with Crippen molar-refractivity contribution in [1.29, 1.82) is 0 Å². The van der Waals surface area contributed by atoms with E-state index in [9.17, 15) is 31.9 Å². The molecule has 0 saturated carbocycles. The van der Waals surface area contributed by atoms with Gasteiger partial charge in [0.2, 0.25) is 0 Å². The Morgan fingerprint density at radius 3 is 2.39 bits per heavy atom. The lowest BCUT2D eigenvalue weighted by molar-refractivity contribution is -0.147. The van der Waals surface area contributed by atoms with Crippen LogP contribution in [0.15, 0.2) is 18.2 Å². The van der Waals surface area contributed by atoms with Crippen LogP contribution in [-0.4, -0.2) is 48.5 Å². The molecule has 31 heavy (non-hydrogen) atoms. The van der Waals surface area contributed by atoms with Gasteiger partial charge in [0.25, 0.3) is 0 Å². The Kier molecular flexibility index (Phi) is 8.41. The second-order valence-corrected chi connectivity index (χ2v) is 7.23. The standard InChI is InChI=1S/C21H25F4NO5/c1-3-30-19(28)12-18(27)14-7-8-26(20(29)31-4-2)15(11-14)9-13-5-6-16(17(22)10-13)21(23,24)25/h5-6,10,14-15H,3-4,7-9,11-12H2,1-2H3. The highest BCUT2D eigenvalue weighted by Gasteiger charge is 2.37. The van der Waals surface area contributed by atoms with Crippen molar-refractivity contribution in [2.24, 2.45) is 5.92 Å². The van der Waals surface area contributed by atoms with Gasteiger partial charge in [-0.25, -0.2) is 9.18 Å². The van der Waals surface area contributed by atoms with Crippen molar-refractivity contribution < 1.29 is 41.4 Å². The van der Waals surface area contributed by atoms with Gasteiger partial charge in [-0.15, -0.1) is 0 Å². The molecule has 1 aromatic rings. The first-order valence-corrected chi connectivity index (χ1v) is 10.0. The molecular formula is C21H25F4NO5. The van der Waals surface area contributed by atoms with E-state index in [2.05, 4.69) is 0 Å². The van der Waals surface area contributed by atoms with Crippen LogP contribution in [0.2, 0.25) is 0 Å². The molecule has 0 aromatic heterocycles. The fraction of sp³-hybridized carbons (Fsp3) is 0.571. The van der Waals surface area contributed by atoms with Crippen LogP contribution in [0.25, 0.3) is 0 Å². The zero-order valence-corrected chi connectivity index (χ0v) is 17.3. The molecule has 1 heterocycles. The number of esters is 1. The van der Waals surface area contributed by atoms with E-state index in [1.165, 1.54) is 4.90 Å². The molecule has 0 N–H and O–H groups in total. The monoisotopic (exact) mass is 447 g/mol. The Hall–Kier alpha value is -2.65. The van der Waals surface area contributed by atoms with E-state index in [1.54, 1.807) is 13.8 Å². The molecule has 0 spiro atoms. The number of hydrogen-bond donors (Lipinski definition) is 0. The summed E-state index contributed by atoms with van der Waals surface area (Å²) in [6, 6.07) is 2.00. The molecule has 172 valence electrons. The first kappa shape index (κ1) is 24.6. The van der Waals surface area contributed by atoms with Crippen LogP contribution in [-0.2, 0) is 31.7 Å². The SMILES string of the molecule is CCOC(=O)CC(=O)C1CCN(C(=O)OCC)C(Cc2ccc(C(F)(F)F)c(F)c2)C1. The molecule has 10 heteroatoms. The number of Topliss-reactive ketones (excluding diaryl/α,β-unsaturated/α-hetero) is 1. The number of likely N-dealkylation sites (tertiary alicyclic amines) is 1. The third kappa shape index (κ3) is 6.67. The number of alkyl halides is 3. The van der Waals surface area contributed by atoms with Crippen molar-refractivity contribution in [3.63, 3.8) is 0 Å². The second kappa shape index (κ2) is 10.6. The topological polar surface area (TPSA) is 72.9 Å². The summed E-state index contributed by atoms with van der Waals surface area (Å²) >= 11 is 0. The normalized spacial score (nSPS) is 19.1. The van der Waals surface area contributed by atoms with Crippen molar-refractivity contribution in [3.8, 4) is 0 Å². The van der Waals surface area contributed by atoms with E-state index in [0.29, 0.717) is 12.5 Å². The van der Waals surface area contributed by atoms with Gasteiger partial charge in [-0.05, 0) is 50.8 Å². The maximum atomic E-state index is 14.0. The van der Waals surface area contributed by atoms with Crippen LogP contribution in [0, 0.1) is 11.7 Å². The fourth-order valence-corrected chi connectivity index (χ4v) is 3.67. The maximum absolute atomic E-state index is 14.0. The highest BCUT2D eigenvalue weighted by atomic mass is 19.4. The number of rotatable bonds is 7. The number of amides is 1. The lowest BCUT2D eigenvalue weighted by Crippen LogP contribution is -2.48. The predicted molar refractivity (Wildman–Crippen MR) is 102 cm³/mol. The third-order valence-corrected chi connectivity index (χ3v) is 5.11. The zero-order chi connectivity index (χ0) is 23.2. The van der Waals surface area contributed by atoms with Crippen LogP contribution in [0.4, 0.5) is 22.4 Å². The highest BCUT2D eigenvalue weighted by Crippen LogP contribution is 2.33. The zero-order valence-electron chi connectivity index (χ0n) is 17.3.